The minimum absolute atomic E-state index is 0.0447. The topological polar surface area (TPSA) is 72.3 Å². The fourth-order valence-electron chi connectivity index (χ4n) is 3.46. The average molecular weight is 381 g/mol. The first-order valence-corrected chi connectivity index (χ1v) is 9.21. The molecule has 148 valence electrons. The van der Waals surface area contributed by atoms with Crippen molar-refractivity contribution in [1.29, 1.82) is 0 Å². The van der Waals surface area contributed by atoms with E-state index in [4.69, 9.17) is 4.74 Å². The molecule has 0 bridgehead atoms. The molecule has 3 rings (SSSR count). The van der Waals surface area contributed by atoms with Crippen molar-refractivity contribution in [3.8, 4) is 5.75 Å². The SMILES string of the molecule is COc1ccc(C(CNC(=O)c2cc(C)nc3c2c(C)nn3C)N(C)C)cc1. The van der Waals surface area contributed by atoms with Gasteiger partial charge in [-0.3, -0.25) is 9.48 Å². The number of hydrogen-bond donors (Lipinski definition) is 1. The fraction of sp³-hybridized carbons (Fsp3) is 0.381. The van der Waals surface area contributed by atoms with Gasteiger partial charge in [0.2, 0.25) is 0 Å². The molecule has 7 nitrogen and oxygen atoms in total. The van der Waals surface area contributed by atoms with Crippen LogP contribution in [0.4, 0.5) is 0 Å². The summed E-state index contributed by atoms with van der Waals surface area (Å²) >= 11 is 0. The van der Waals surface area contributed by atoms with Crippen LogP contribution in [0.15, 0.2) is 30.3 Å². The predicted molar refractivity (Wildman–Crippen MR) is 110 cm³/mol. The van der Waals surface area contributed by atoms with Crippen LogP contribution in [0.3, 0.4) is 0 Å². The van der Waals surface area contributed by atoms with E-state index < -0.39 is 0 Å². The van der Waals surface area contributed by atoms with Gasteiger partial charge in [0.1, 0.15) is 5.75 Å². The van der Waals surface area contributed by atoms with Crippen molar-refractivity contribution < 1.29 is 9.53 Å². The summed E-state index contributed by atoms with van der Waals surface area (Å²) < 4.78 is 6.95. The number of methoxy groups -OCH3 is 1. The Bertz CT molecular complexity index is 992. The van der Waals surface area contributed by atoms with E-state index in [0.717, 1.165) is 33.7 Å². The van der Waals surface area contributed by atoms with Crippen molar-refractivity contribution in [1.82, 2.24) is 25.0 Å². The lowest BCUT2D eigenvalue weighted by molar-refractivity contribution is 0.0943. The van der Waals surface area contributed by atoms with Crippen LogP contribution in [0.1, 0.15) is 33.4 Å². The van der Waals surface area contributed by atoms with Crippen LogP contribution in [0.5, 0.6) is 5.75 Å². The van der Waals surface area contributed by atoms with Gasteiger partial charge in [0, 0.05) is 19.3 Å². The molecule has 0 radical (unpaired) electrons. The average Bonchev–Trinajstić information content (AvgIpc) is 2.95. The van der Waals surface area contributed by atoms with E-state index in [9.17, 15) is 4.79 Å². The molecule has 0 spiro atoms. The third kappa shape index (κ3) is 3.84. The number of carbonyl (C=O) groups is 1. The predicted octanol–water partition coefficient (Wildman–Crippen LogP) is 2.63. The molecular weight excluding hydrogens is 354 g/mol. The Hall–Kier alpha value is -2.93. The zero-order valence-electron chi connectivity index (χ0n) is 17.3. The Morgan fingerprint density at radius 1 is 1.25 bits per heavy atom. The highest BCUT2D eigenvalue weighted by atomic mass is 16.5. The van der Waals surface area contributed by atoms with Crippen molar-refractivity contribution in [2.75, 3.05) is 27.7 Å². The molecule has 1 unspecified atom stereocenters. The number of nitrogens with zero attached hydrogens (tertiary/aromatic N) is 4. The fourth-order valence-corrected chi connectivity index (χ4v) is 3.46. The van der Waals surface area contributed by atoms with Crippen LogP contribution >= 0.6 is 0 Å². The van der Waals surface area contributed by atoms with Gasteiger partial charge < -0.3 is 15.0 Å². The maximum atomic E-state index is 13.0. The van der Waals surface area contributed by atoms with E-state index >= 15 is 0 Å². The molecule has 28 heavy (non-hydrogen) atoms. The van der Waals surface area contributed by atoms with E-state index in [0.29, 0.717) is 12.1 Å². The van der Waals surface area contributed by atoms with E-state index in [-0.39, 0.29) is 11.9 Å². The molecule has 3 aromatic rings. The molecule has 7 heteroatoms. The summed E-state index contributed by atoms with van der Waals surface area (Å²) in [7, 11) is 7.49. The third-order valence-electron chi connectivity index (χ3n) is 4.92. The second-order valence-electron chi connectivity index (χ2n) is 7.18. The summed E-state index contributed by atoms with van der Waals surface area (Å²) in [5, 5.41) is 8.30. The van der Waals surface area contributed by atoms with Gasteiger partial charge in [-0.15, -0.1) is 0 Å². The summed E-state index contributed by atoms with van der Waals surface area (Å²) in [4.78, 5) is 19.6. The zero-order valence-corrected chi connectivity index (χ0v) is 17.3. The lowest BCUT2D eigenvalue weighted by atomic mass is 10.0. The maximum absolute atomic E-state index is 13.0. The molecule has 1 atom stereocenters. The van der Waals surface area contributed by atoms with Crippen molar-refractivity contribution >= 4 is 16.9 Å². The number of carbonyl (C=O) groups excluding carboxylic acids is 1. The van der Waals surface area contributed by atoms with E-state index in [2.05, 4.69) is 20.3 Å². The first-order valence-electron chi connectivity index (χ1n) is 9.21. The van der Waals surface area contributed by atoms with Gasteiger partial charge in [-0.05, 0) is 51.7 Å². The number of hydrogen-bond acceptors (Lipinski definition) is 5. The Balaban J connectivity index is 1.85. The van der Waals surface area contributed by atoms with E-state index in [1.54, 1.807) is 11.8 Å². The molecule has 0 fully saturated rings. The molecule has 1 aromatic carbocycles. The Labute approximate surface area is 165 Å². The Kier molecular flexibility index (Phi) is 5.65. The monoisotopic (exact) mass is 381 g/mol. The van der Waals surface area contributed by atoms with Gasteiger partial charge in [-0.2, -0.15) is 5.10 Å². The number of nitrogens with one attached hydrogen (secondary N) is 1. The van der Waals surface area contributed by atoms with Crippen molar-refractivity contribution in [2.24, 2.45) is 7.05 Å². The normalized spacial score (nSPS) is 12.4. The standard InChI is InChI=1S/C21H27N5O2/c1-13-11-17(19-14(2)24-26(5)20(19)23-13)21(27)22-12-18(25(3)4)15-7-9-16(28-6)10-8-15/h7-11,18H,12H2,1-6H3,(H,22,27). The van der Waals surface area contributed by atoms with Gasteiger partial charge in [0.05, 0.1) is 29.8 Å². The molecule has 0 saturated carbocycles. The molecule has 2 heterocycles. The molecule has 2 aromatic heterocycles. The van der Waals surface area contributed by atoms with Crippen LogP contribution < -0.4 is 10.1 Å². The third-order valence-corrected chi connectivity index (χ3v) is 4.92. The smallest absolute Gasteiger partial charge is 0.252 e. The lowest BCUT2D eigenvalue weighted by Crippen LogP contribution is -2.34. The van der Waals surface area contributed by atoms with Crippen LogP contribution in [0.2, 0.25) is 0 Å². The number of amides is 1. The quantitative estimate of drug-likeness (QED) is 0.711. The van der Waals surface area contributed by atoms with Gasteiger partial charge in [0.25, 0.3) is 5.91 Å². The molecule has 1 N–H and O–H groups in total. The zero-order chi connectivity index (χ0) is 20.4. The Morgan fingerprint density at radius 2 is 1.93 bits per heavy atom. The number of likely N-dealkylation sites (N-methyl/N-ethyl adjacent to an activating group) is 1. The number of ether oxygens (including phenoxy) is 1. The van der Waals surface area contributed by atoms with Crippen molar-refractivity contribution in [3.63, 3.8) is 0 Å². The molecule has 0 saturated heterocycles. The van der Waals surface area contributed by atoms with Crippen LogP contribution in [0.25, 0.3) is 11.0 Å². The van der Waals surface area contributed by atoms with Gasteiger partial charge in [-0.25, -0.2) is 4.98 Å². The minimum Gasteiger partial charge on any atom is -0.497 e. The number of aromatic nitrogens is 3. The minimum atomic E-state index is -0.119. The highest BCUT2D eigenvalue weighted by Crippen LogP contribution is 2.23. The van der Waals surface area contributed by atoms with Gasteiger partial charge in [0.15, 0.2) is 5.65 Å². The summed E-state index contributed by atoms with van der Waals surface area (Å²) in [6, 6.07) is 9.78. The second-order valence-corrected chi connectivity index (χ2v) is 7.18. The Morgan fingerprint density at radius 3 is 2.54 bits per heavy atom. The summed E-state index contributed by atoms with van der Waals surface area (Å²) in [6.07, 6.45) is 0. The summed E-state index contributed by atoms with van der Waals surface area (Å²) in [6.45, 7) is 4.27. The molecule has 0 aliphatic rings. The number of rotatable bonds is 6. The number of aryl methyl sites for hydroxylation is 3. The largest absolute Gasteiger partial charge is 0.497 e. The second kappa shape index (κ2) is 7.98. The number of pyridine rings is 1. The van der Waals surface area contributed by atoms with E-state index in [1.807, 2.05) is 65.3 Å². The first kappa shape index (κ1) is 19.8. The van der Waals surface area contributed by atoms with Gasteiger partial charge in [-0.1, -0.05) is 12.1 Å². The highest BCUT2D eigenvalue weighted by molar-refractivity contribution is 6.06. The summed E-state index contributed by atoms with van der Waals surface area (Å²) in [5.74, 6) is 0.693. The maximum Gasteiger partial charge on any atom is 0.252 e. The van der Waals surface area contributed by atoms with Crippen molar-refractivity contribution in [2.45, 2.75) is 19.9 Å². The van der Waals surface area contributed by atoms with Crippen molar-refractivity contribution in [3.05, 3.63) is 52.8 Å². The lowest BCUT2D eigenvalue weighted by Gasteiger charge is -2.25. The molecule has 0 aliphatic carbocycles. The first-order chi connectivity index (χ1) is 13.3. The van der Waals surface area contributed by atoms with Crippen LogP contribution in [-0.2, 0) is 7.05 Å². The highest BCUT2D eigenvalue weighted by Gasteiger charge is 2.20. The van der Waals surface area contributed by atoms with Crippen LogP contribution in [-0.4, -0.2) is 53.3 Å². The number of fused-ring (bicyclic) bond motifs is 1. The molecule has 1 amide bonds. The molecule has 0 aliphatic heterocycles. The van der Waals surface area contributed by atoms with E-state index in [1.165, 1.54) is 0 Å². The number of benzene rings is 1. The van der Waals surface area contributed by atoms with Crippen LogP contribution in [0, 0.1) is 13.8 Å². The van der Waals surface area contributed by atoms with Gasteiger partial charge >= 0.3 is 0 Å². The molecular formula is C21H27N5O2. The summed E-state index contributed by atoms with van der Waals surface area (Å²) in [5.41, 5.74) is 4.04.